The Balaban J connectivity index is 1.73. The van der Waals surface area contributed by atoms with Crippen LogP contribution in [0, 0.1) is 11.3 Å². The van der Waals surface area contributed by atoms with Gasteiger partial charge >= 0.3 is 5.97 Å². The fraction of sp³-hybridized carbons (Fsp3) is 0.125. The van der Waals surface area contributed by atoms with Gasteiger partial charge in [-0.3, -0.25) is 9.59 Å². The first-order chi connectivity index (χ1) is 14.6. The molecule has 3 aromatic carbocycles. The average molecular weight is 417 g/mol. The molecule has 0 saturated carbocycles. The summed E-state index contributed by atoms with van der Waals surface area (Å²) < 4.78 is 5.49. The molecular weight excluding hydrogens is 396 g/mol. The second-order valence-corrected chi connectivity index (χ2v) is 7.63. The topological polar surface area (TPSA) is 79.2 Å². The van der Waals surface area contributed by atoms with Gasteiger partial charge in [-0.2, -0.15) is 5.26 Å². The summed E-state index contributed by atoms with van der Waals surface area (Å²) in [6.07, 6.45) is -1.02. The number of nitrogens with one attached hydrogen (secondary N) is 1. The Morgan fingerprint density at radius 2 is 1.53 bits per heavy atom. The maximum atomic E-state index is 13.0. The Kier molecular flexibility index (Phi) is 7.25. The second-order valence-electron chi connectivity index (χ2n) is 6.45. The van der Waals surface area contributed by atoms with Crippen LogP contribution in [0.5, 0.6) is 0 Å². The van der Waals surface area contributed by atoms with Crippen LogP contribution in [-0.4, -0.2) is 18.0 Å². The van der Waals surface area contributed by atoms with Crippen LogP contribution in [0.4, 0.5) is 5.69 Å². The highest BCUT2D eigenvalue weighted by Gasteiger charge is 2.27. The summed E-state index contributed by atoms with van der Waals surface area (Å²) in [7, 11) is 0. The van der Waals surface area contributed by atoms with E-state index in [4.69, 9.17) is 10.00 Å². The number of ether oxygens (including phenoxy) is 1. The molecule has 30 heavy (non-hydrogen) atoms. The number of esters is 1. The van der Waals surface area contributed by atoms with E-state index in [9.17, 15) is 9.59 Å². The van der Waals surface area contributed by atoms with Gasteiger partial charge in [0.2, 0.25) is 0 Å². The summed E-state index contributed by atoms with van der Waals surface area (Å²) in [5.74, 6) is -1.01. The third-order valence-corrected chi connectivity index (χ3v) is 5.53. The summed E-state index contributed by atoms with van der Waals surface area (Å²) in [4.78, 5) is 26.4. The number of nitriles is 1. The van der Waals surface area contributed by atoms with E-state index < -0.39 is 23.2 Å². The standard InChI is InChI=1S/C24H20N2O3S/c1-17(23(27)26-21-15-9-8-12-19(21)16-25)29-24(28)22(18-10-4-2-5-11-18)30-20-13-6-3-7-14-20/h2-15,17,22H,1H3,(H,26,27)/t17-,22+/m1/s1. The van der Waals surface area contributed by atoms with Crippen LogP contribution >= 0.6 is 11.8 Å². The maximum absolute atomic E-state index is 13.0. The van der Waals surface area contributed by atoms with Gasteiger partial charge in [-0.15, -0.1) is 11.8 Å². The number of carbonyl (C=O) groups excluding carboxylic acids is 2. The number of hydrogen-bond donors (Lipinski definition) is 1. The second kappa shape index (κ2) is 10.3. The van der Waals surface area contributed by atoms with Crippen molar-refractivity contribution in [1.82, 2.24) is 0 Å². The van der Waals surface area contributed by atoms with E-state index >= 15 is 0 Å². The zero-order valence-electron chi connectivity index (χ0n) is 16.3. The molecule has 6 heteroatoms. The molecule has 0 aliphatic heterocycles. The Bertz CT molecular complexity index is 1050. The van der Waals surface area contributed by atoms with E-state index in [-0.39, 0.29) is 0 Å². The summed E-state index contributed by atoms with van der Waals surface area (Å²) in [6.45, 7) is 1.51. The smallest absolute Gasteiger partial charge is 0.324 e. The van der Waals surface area contributed by atoms with Crippen molar-refractivity contribution < 1.29 is 14.3 Å². The van der Waals surface area contributed by atoms with Gasteiger partial charge in [0, 0.05) is 4.90 Å². The minimum Gasteiger partial charge on any atom is -0.451 e. The predicted molar refractivity (Wildman–Crippen MR) is 117 cm³/mol. The van der Waals surface area contributed by atoms with Gasteiger partial charge in [-0.1, -0.05) is 60.7 Å². The lowest BCUT2D eigenvalue weighted by atomic mass is 10.1. The van der Waals surface area contributed by atoms with Gasteiger partial charge in [0.25, 0.3) is 5.91 Å². The molecule has 2 atom stereocenters. The molecule has 5 nitrogen and oxygen atoms in total. The number of hydrogen-bond acceptors (Lipinski definition) is 5. The summed E-state index contributed by atoms with van der Waals surface area (Å²) >= 11 is 1.36. The van der Waals surface area contributed by atoms with Crippen molar-refractivity contribution in [3.63, 3.8) is 0 Å². The van der Waals surface area contributed by atoms with Crippen molar-refractivity contribution in [2.24, 2.45) is 0 Å². The van der Waals surface area contributed by atoms with Crippen molar-refractivity contribution in [1.29, 1.82) is 5.26 Å². The number of thioether (sulfide) groups is 1. The van der Waals surface area contributed by atoms with Crippen LogP contribution in [-0.2, 0) is 14.3 Å². The molecule has 0 aliphatic rings. The average Bonchev–Trinajstić information content (AvgIpc) is 2.79. The molecule has 0 spiro atoms. The summed E-state index contributed by atoms with van der Waals surface area (Å²) in [5.41, 5.74) is 1.51. The van der Waals surface area contributed by atoms with Crippen molar-refractivity contribution in [3.8, 4) is 6.07 Å². The highest BCUT2D eigenvalue weighted by molar-refractivity contribution is 8.00. The van der Waals surface area contributed by atoms with Crippen LogP contribution in [0.1, 0.15) is 23.3 Å². The minimum atomic E-state index is -1.02. The summed E-state index contributed by atoms with van der Waals surface area (Å²) in [5, 5.41) is 11.2. The fourth-order valence-corrected chi connectivity index (χ4v) is 3.76. The highest BCUT2D eigenvalue weighted by Crippen LogP contribution is 2.36. The van der Waals surface area contributed by atoms with E-state index in [2.05, 4.69) is 5.32 Å². The van der Waals surface area contributed by atoms with Gasteiger partial charge in [0.05, 0.1) is 11.3 Å². The van der Waals surface area contributed by atoms with Gasteiger partial charge in [-0.05, 0) is 36.8 Å². The molecule has 0 unspecified atom stereocenters. The molecule has 150 valence electrons. The number of anilines is 1. The third kappa shape index (κ3) is 5.49. The lowest BCUT2D eigenvalue weighted by Gasteiger charge is -2.19. The molecule has 3 aromatic rings. The molecule has 3 rings (SSSR count). The number of para-hydroxylation sites is 1. The molecule has 1 N–H and O–H groups in total. The first-order valence-electron chi connectivity index (χ1n) is 9.35. The van der Waals surface area contributed by atoms with Gasteiger partial charge in [0.15, 0.2) is 6.10 Å². The highest BCUT2D eigenvalue weighted by atomic mass is 32.2. The molecule has 0 aliphatic carbocycles. The number of rotatable bonds is 7. The normalized spacial score (nSPS) is 12.3. The number of nitrogens with zero attached hydrogens (tertiary/aromatic N) is 1. The molecule has 0 bridgehead atoms. The van der Waals surface area contributed by atoms with Gasteiger partial charge in [-0.25, -0.2) is 0 Å². The first-order valence-corrected chi connectivity index (χ1v) is 10.2. The van der Waals surface area contributed by atoms with E-state index in [1.165, 1.54) is 18.7 Å². The molecule has 0 radical (unpaired) electrons. The fourth-order valence-electron chi connectivity index (χ4n) is 2.73. The monoisotopic (exact) mass is 416 g/mol. The van der Waals surface area contributed by atoms with E-state index in [1.807, 2.05) is 66.7 Å². The van der Waals surface area contributed by atoms with Crippen molar-refractivity contribution in [2.75, 3.05) is 5.32 Å². The molecule has 0 saturated heterocycles. The SMILES string of the molecule is C[C@@H](OC(=O)[C@@H](Sc1ccccc1)c1ccccc1)C(=O)Nc1ccccc1C#N. The van der Waals surface area contributed by atoms with Gasteiger partial charge in [0.1, 0.15) is 11.3 Å². The Morgan fingerprint density at radius 3 is 2.20 bits per heavy atom. The number of amides is 1. The van der Waals surface area contributed by atoms with Gasteiger partial charge < -0.3 is 10.1 Å². The van der Waals surface area contributed by atoms with Crippen LogP contribution in [0.3, 0.4) is 0 Å². The minimum absolute atomic E-state index is 0.339. The molecule has 0 fully saturated rings. The lowest BCUT2D eigenvalue weighted by molar-refractivity contribution is -0.152. The quantitative estimate of drug-likeness (QED) is 0.435. The van der Waals surface area contributed by atoms with Crippen LogP contribution in [0.15, 0.2) is 89.8 Å². The van der Waals surface area contributed by atoms with Crippen molar-refractivity contribution in [3.05, 3.63) is 96.1 Å². The predicted octanol–water partition coefficient (Wildman–Crippen LogP) is 4.96. The zero-order valence-corrected chi connectivity index (χ0v) is 17.1. The molecular formula is C24H20N2O3S. The molecule has 0 aromatic heterocycles. The van der Waals surface area contributed by atoms with E-state index in [1.54, 1.807) is 24.3 Å². The van der Waals surface area contributed by atoms with E-state index in [0.717, 1.165) is 10.5 Å². The zero-order chi connectivity index (χ0) is 21.3. The third-order valence-electron chi connectivity index (χ3n) is 4.28. The largest absolute Gasteiger partial charge is 0.451 e. The maximum Gasteiger partial charge on any atom is 0.324 e. The number of benzene rings is 3. The van der Waals surface area contributed by atoms with Crippen LogP contribution in [0.2, 0.25) is 0 Å². The Labute approximate surface area is 179 Å². The summed E-state index contributed by atoms with van der Waals surface area (Å²) in [6, 6.07) is 27.5. The van der Waals surface area contributed by atoms with Crippen LogP contribution < -0.4 is 5.32 Å². The lowest BCUT2D eigenvalue weighted by Crippen LogP contribution is -2.31. The van der Waals surface area contributed by atoms with E-state index in [0.29, 0.717) is 11.3 Å². The molecule has 0 heterocycles. The van der Waals surface area contributed by atoms with Crippen molar-refractivity contribution >= 4 is 29.3 Å². The first kappa shape index (κ1) is 21.2. The van der Waals surface area contributed by atoms with Crippen molar-refractivity contribution in [2.45, 2.75) is 23.2 Å². The number of carbonyl (C=O) groups is 2. The molecule has 1 amide bonds. The van der Waals surface area contributed by atoms with Crippen LogP contribution in [0.25, 0.3) is 0 Å². The Hall–Kier alpha value is -3.56. The Morgan fingerprint density at radius 1 is 0.933 bits per heavy atom.